The molecule has 0 bridgehead atoms. The van der Waals surface area contributed by atoms with Gasteiger partial charge in [-0.25, -0.2) is 4.99 Å². The Morgan fingerprint density at radius 1 is 0.826 bits per heavy atom. The standard InChI is InChI=1S/C18H19N5/c1-2-8-18(9-3-1)17(21-15-6-12-20-13-7-15)22-16(23-18)14-4-10-19-11-5-14/h4-7,10-13H,1-3,8-9H2,(H,20,21,22,23). The molecule has 2 aliphatic rings. The van der Waals surface area contributed by atoms with Crippen molar-refractivity contribution in [2.75, 3.05) is 5.32 Å². The lowest BCUT2D eigenvalue weighted by Gasteiger charge is -2.32. The summed E-state index contributed by atoms with van der Waals surface area (Å²) in [7, 11) is 0. The molecule has 4 rings (SSSR count). The van der Waals surface area contributed by atoms with Crippen molar-refractivity contribution in [2.45, 2.75) is 37.6 Å². The van der Waals surface area contributed by atoms with Crippen molar-refractivity contribution in [3.63, 3.8) is 0 Å². The van der Waals surface area contributed by atoms with E-state index in [1.807, 2.05) is 24.3 Å². The fourth-order valence-corrected chi connectivity index (χ4v) is 3.32. The van der Waals surface area contributed by atoms with Gasteiger partial charge < -0.3 is 5.32 Å². The lowest BCUT2D eigenvalue weighted by atomic mass is 9.81. The van der Waals surface area contributed by atoms with Gasteiger partial charge in [-0.2, -0.15) is 0 Å². The topological polar surface area (TPSA) is 62.5 Å². The molecule has 3 heterocycles. The maximum Gasteiger partial charge on any atom is 0.157 e. The van der Waals surface area contributed by atoms with Crippen LogP contribution in [0, 0.1) is 0 Å². The monoisotopic (exact) mass is 305 g/mol. The molecular formula is C18H19N5. The highest BCUT2D eigenvalue weighted by molar-refractivity contribution is 6.18. The summed E-state index contributed by atoms with van der Waals surface area (Å²) in [6, 6.07) is 7.86. The highest BCUT2D eigenvalue weighted by Crippen LogP contribution is 2.37. The van der Waals surface area contributed by atoms with Crippen LogP contribution in [0.3, 0.4) is 0 Å². The van der Waals surface area contributed by atoms with E-state index in [0.717, 1.165) is 35.8 Å². The molecule has 5 nitrogen and oxygen atoms in total. The van der Waals surface area contributed by atoms with Crippen LogP contribution in [0.25, 0.3) is 0 Å². The first-order chi connectivity index (χ1) is 11.4. The van der Waals surface area contributed by atoms with Crippen LogP contribution in [0.5, 0.6) is 0 Å². The molecule has 2 aromatic heterocycles. The van der Waals surface area contributed by atoms with Crippen molar-refractivity contribution < 1.29 is 0 Å². The van der Waals surface area contributed by atoms with Crippen molar-refractivity contribution >= 4 is 17.4 Å². The first-order valence-electron chi connectivity index (χ1n) is 8.12. The third kappa shape index (κ3) is 2.74. The Morgan fingerprint density at radius 3 is 2.17 bits per heavy atom. The molecular weight excluding hydrogens is 286 g/mol. The van der Waals surface area contributed by atoms with Gasteiger partial charge in [0.05, 0.1) is 0 Å². The van der Waals surface area contributed by atoms with Gasteiger partial charge in [0.15, 0.2) is 5.84 Å². The zero-order valence-electron chi connectivity index (χ0n) is 12.9. The number of aliphatic imine (C=N–C) groups is 2. The molecule has 116 valence electrons. The highest BCUT2D eigenvalue weighted by Gasteiger charge is 2.41. The van der Waals surface area contributed by atoms with E-state index in [0.29, 0.717) is 0 Å². The smallest absolute Gasteiger partial charge is 0.157 e. The van der Waals surface area contributed by atoms with Crippen molar-refractivity contribution in [1.82, 2.24) is 9.97 Å². The van der Waals surface area contributed by atoms with Crippen LogP contribution in [0.15, 0.2) is 59.0 Å². The van der Waals surface area contributed by atoms with E-state index in [9.17, 15) is 0 Å². The van der Waals surface area contributed by atoms with Gasteiger partial charge in [0, 0.05) is 36.0 Å². The number of nitrogens with one attached hydrogen (secondary N) is 1. The third-order valence-electron chi connectivity index (χ3n) is 4.54. The summed E-state index contributed by atoms with van der Waals surface area (Å²) in [5.41, 5.74) is 1.84. The number of hydrogen-bond donors (Lipinski definition) is 1. The normalized spacial score (nSPS) is 19.3. The number of hydrogen-bond acceptors (Lipinski definition) is 5. The Kier molecular flexibility index (Phi) is 3.61. The summed E-state index contributed by atoms with van der Waals surface area (Å²) in [5, 5.41) is 3.48. The van der Waals surface area contributed by atoms with E-state index < -0.39 is 0 Å². The average Bonchev–Trinajstić information content (AvgIpc) is 2.95. The molecule has 1 fully saturated rings. The molecule has 0 radical (unpaired) electrons. The Morgan fingerprint density at radius 2 is 1.48 bits per heavy atom. The van der Waals surface area contributed by atoms with Gasteiger partial charge in [-0.05, 0) is 37.1 Å². The predicted octanol–water partition coefficient (Wildman–Crippen LogP) is 3.45. The first-order valence-corrected chi connectivity index (χ1v) is 8.12. The van der Waals surface area contributed by atoms with E-state index >= 15 is 0 Å². The fraction of sp³-hybridized carbons (Fsp3) is 0.333. The molecule has 0 amide bonds. The van der Waals surface area contributed by atoms with Crippen LogP contribution in [0.2, 0.25) is 0 Å². The minimum Gasteiger partial charge on any atom is -0.342 e. The van der Waals surface area contributed by atoms with Crippen LogP contribution in [0.1, 0.15) is 37.7 Å². The second-order valence-corrected chi connectivity index (χ2v) is 6.08. The van der Waals surface area contributed by atoms with Crippen molar-refractivity contribution in [1.29, 1.82) is 0 Å². The van der Waals surface area contributed by atoms with Crippen LogP contribution in [0.4, 0.5) is 5.69 Å². The summed E-state index contributed by atoms with van der Waals surface area (Å²) in [4.78, 5) is 18.0. The molecule has 23 heavy (non-hydrogen) atoms. The largest absolute Gasteiger partial charge is 0.342 e. The Bertz CT molecular complexity index is 731. The van der Waals surface area contributed by atoms with E-state index in [2.05, 4.69) is 15.3 Å². The molecule has 5 heteroatoms. The second-order valence-electron chi connectivity index (χ2n) is 6.08. The van der Waals surface area contributed by atoms with Gasteiger partial charge in [-0.3, -0.25) is 15.0 Å². The summed E-state index contributed by atoms with van der Waals surface area (Å²) < 4.78 is 0. The number of rotatable bonds is 2. The Labute approximate surface area is 135 Å². The van der Waals surface area contributed by atoms with Crippen LogP contribution >= 0.6 is 0 Å². The Balaban J connectivity index is 1.70. The SMILES string of the molecule is c1cc(NC2=NC(c3ccncc3)=NC23CCCCC3)ccn1. The van der Waals surface area contributed by atoms with Crippen LogP contribution in [-0.2, 0) is 0 Å². The molecule has 1 saturated carbocycles. The van der Waals surface area contributed by atoms with Crippen LogP contribution < -0.4 is 5.32 Å². The van der Waals surface area contributed by atoms with Crippen molar-refractivity contribution in [2.24, 2.45) is 9.98 Å². The van der Waals surface area contributed by atoms with Gasteiger partial charge in [-0.15, -0.1) is 0 Å². The predicted molar refractivity (Wildman–Crippen MR) is 91.9 cm³/mol. The zero-order valence-corrected chi connectivity index (χ0v) is 12.9. The maximum absolute atomic E-state index is 5.03. The van der Waals surface area contributed by atoms with E-state index in [1.54, 1.807) is 24.8 Å². The number of nitrogens with zero attached hydrogens (tertiary/aromatic N) is 4. The summed E-state index contributed by atoms with van der Waals surface area (Å²) in [6.45, 7) is 0. The van der Waals surface area contributed by atoms with Gasteiger partial charge in [-0.1, -0.05) is 19.3 Å². The average molecular weight is 305 g/mol. The third-order valence-corrected chi connectivity index (χ3v) is 4.54. The lowest BCUT2D eigenvalue weighted by molar-refractivity contribution is 0.387. The quantitative estimate of drug-likeness (QED) is 0.924. The fourth-order valence-electron chi connectivity index (χ4n) is 3.32. The number of aromatic nitrogens is 2. The molecule has 1 spiro atoms. The van der Waals surface area contributed by atoms with Crippen molar-refractivity contribution in [3.05, 3.63) is 54.6 Å². The Hall–Kier alpha value is -2.56. The van der Waals surface area contributed by atoms with Crippen molar-refractivity contribution in [3.8, 4) is 0 Å². The molecule has 1 N–H and O–H groups in total. The molecule has 1 aliphatic carbocycles. The maximum atomic E-state index is 5.03. The molecule has 0 unspecified atom stereocenters. The van der Waals surface area contributed by atoms with E-state index in [-0.39, 0.29) is 5.54 Å². The molecule has 0 saturated heterocycles. The van der Waals surface area contributed by atoms with Gasteiger partial charge >= 0.3 is 0 Å². The van der Waals surface area contributed by atoms with Gasteiger partial charge in [0.1, 0.15) is 11.4 Å². The molecule has 1 aliphatic heterocycles. The lowest BCUT2D eigenvalue weighted by Crippen LogP contribution is -2.40. The highest BCUT2D eigenvalue weighted by atomic mass is 15.2. The minimum absolute atomic E-state index is 0.194. The zero-order chi connectivity index (χ0) is 15.5. The van der Waals surface area contributed by atoms with Gasteiger partial charge in [0.2, 0.25) is 0 Å². The molecule has 2 aromatic rings. The first kappa shape index (κ1) is 14.1. The summed E-state index contributed by atoms with van der Waals surface area (Å²) in [6.07, 6.45) is 12.9. The summed E-state index contributed by atoms with van der Waals surface area (Å²) in [5.74, 6) is 1.78. The number of pyridine rings is 2. The minimum atomic E-state index is -0.194. The summed E-state index contributed by atoms with van der Waals surface area (Å²) >= 11 is 0. The number of anilines is 1. The molecule has 0 aromatic carbocycles. The van der Waals surface area contributed by atoms with E-state index in [1.165, 1.54) is 19.3 Å². The van der Waals surface area contributed by atoms with Gasteiger partial charge in [0.25, 0.3) is 0 Å². The van der Waals surface area contributed by atoms with E-state index in [4.69, 9.17) is 9.98 Å². The van der Waals surface area contributed by atoms with Crippen LogP contribution in [-0.4, -0.2) is 27.2 Å². The number of amidine groups is 2. The second kappa shape index (κ2) is 5.91. The molecule has 0 atom stereocenters.